The van der Waals surface area contributed by atoms with Gasteiger partial charge in [-0.25, -0.2) is 4.79 Å². The Morgan fingerprint density at radius 2 is 2.07 bits per heavy atom. The molecule has 1 aliphatic heterocycles. The zero-order chi connectivity index (χ0) is 10.2. The predicted molar refractivity (Wildman–Crippen MR) is 53.5 cm³/mol. The fraction of sp³-hybridized carbons (Fsp3) is 0.727. The lowest BCUT2D eigenvalue weighted by atomic mass is 10.1. The van der Waals surface area contributed by atoms with Gasteiger partial charge >= 0.3 is 5.97 Å². The van der Waals surface area contributed by atoms with Gasteiger partial charge in [-0.05, 0) is 6.42 Å². The Morgan fingerprint density at radius 3 is 2.79 bits per heavy atom. The maximum atomic E-state index is 10.8. The molecule has 0 aliphatic carbocycles. The third-order valence-corrected chi connectivity index (χ3v) is 2.23. The van der Waals surface area contributed by atoms with Crippen molar-refractivity contribution in [3.8, 4) is 0 Å². The van der Waals surface area contributed by atoms with Crippen molar-refractivity contribution in [3.05, 3.63) is 12.3 Å². The third kappa shape index (κ3) is 4.30. The number of hydrogen-bond acceptors (Lipinski definition) is 3. The number of carbonyl (C=O) groups excluding carboxylic acids is 1. The number of carbonyl (C=O) groups is 1. The van der Waals surface area contributed by atoms with Crippen LogP contribution in [0.25, 0.3) is 0 Å². The standard InChI is InChI=1S/C11H18O3/c1-2-3-4-5-6-7-11-13-9-8-10(12)14-11/h8-9,11H,2-7H2,1H3. The fourth-order valence-electron chi connectivity index (χ4n) is 1.42. The summed E-state index contributed by atoms with van der Waals surface area (Å²) in [6.45, 7) is 2.19. The molecular weight excluding hydrogens is 180 g/mol. The molecule has 3 nitrogen and oxygen atoms in total. The number of esters is 1. The normalized spacial score (nSPS) is 20.4. The second kappa shape index (κ2) is 6.46. The summed E-state index contributed by atoms with van der Waals surface area (Å²) in [5.74, 6) is -0.296. The van der Waals surface area contributed by atoms with Crippen molar-refractivity contribution in [1.29, 1.82) is 0 Å². The average Bonchev–Trinajstić information content (AvgIpc) is 2.18. The molecule has 0 saturated heterocycles. The predicted octanol–water partition coefficient (Wildman–Crippen LogP) is 2.76. The highest BCUT2D eigenvalue weighted by molar-refractivity contribution is 5.82. The van der Waals surface area contributed by atoms with Crippen LogP contribution in [0.1, 0.15) is 45.4 Å². The fourth-order valence-corrected chi connectivity index (χ4v) is 1.42. The van der Waals surface area contributed by atoms with E-state index in [9.17, 15) is 4.79 Å². The summed E-state index contributed by atoms with van der Waals surface area (Å²) in [7, 11) is 0. The van der Waals surface area contributed by atoms with E-state index < -0.39 is 0 Å². The van der Waals surface area contributed by atoms with E-state index in [1.807, 2.05) is 0 Å². The zero-order valence-corrected chi connectivity index (χ0v) is 8.70. The molecule has 1 unspecified atom stereocenters. The first kappa shape index (κ1) is 11.1. The summed E-state index contributed by atoms with van der Waals surface area (Å²) in [6.07, 6.45) is 9.21. The molecule has 14 heavy (non-hydrogen) atoms. The van der Waals surface area contributed by atoms with Gasteiger partial charge in [0.25, 0.3) is 0 Å². The molecule has 80 valence electrons. The van der Waals surface area contributed by atoms with Gasteiger partial charge in [-0.2, -0.15) is 0 Å². The molecule has 1 atom stereocenters. The number of unbranched alkanes of at least 4 members (excludes halogenated alkanes) is 4. The van der Waals surface area contributed by atoms with E-state index in [0.717, 1.165) is 12.8 Å². The highest BCUT2D eigenvalue weighted by Crippen LogP contribution is 2.13. The van der Waals surface area contributed by atoms with Crippen LogP contribution >= 0.6 is 0 Å². The summed E-state index contributed by atoms with van der Waals surface area (Å²) in [6, 6.07) is 0. The molecule has 1 rings (SSSR count). The molecule has 0 saturated carbocycles. The summed E-state index contributed by atoms with van der Waals surface area (Å²) >= 11 is 0. The smallest absolute Gasteiger partial charge is 0.336 e. The van der Waals surface area contributed by atoms with E-state index in [2.05, 4.69) is 6.92 Å². The maximum Gasteiger partial charge on any atom is 0.336 e. The number of cyclic esters (lactones) is 1. The Hall–Kier alpha value is -0.990. The van der Waals surface area contributed by atoms with Crippen LogP contribution in [-0.4, -0.2) is 12.3 Å². The molecule has 3 heteroatoms. The van der Waals surface area contributed by atoms with Crippen LogP contribution in [0.5, 0.6) is 0 Å². The van der Waals surface area contributed by atoms with Crippen molar-refractivity contribution >= 4 is 5.97 Å². The highest BCUT2D eigenvalue weighted by Gasteiger charge is 2.15. The van der Waals surface area contributed by atoms with Crippen LogP contribution in [0.4, 0.5) is 0 Å². The van der Waals surface area contributed by atoms with E-state index in [4.69, 9.17) is 9.47 Å². The van der Waals surface area contributed by atoms with E-state index in [-0.39, 0.29) is 12.3 Å². The van der Waals surface area contributed by atoms with Crippen molar-refractivity contribution in [3.63, 3.8) is 0 Å². The van der Waals surface area contributed by atoms with Crippen LogP contribution in [0.2, 0.25) is 0 Å². The van der Waals surface area contributed by atoms with Gasteiger partial charge in [-0.15, -0.1) is 0 Å². The molecule has 1 heterocycles. The van der Waals surface area contributed by atoms with Gasteiger partial charge in [-0.1, -0.05) is 32.6 Å². The van der Waals surface area contributed by atoms with Crippen LogP contribution in [-0.2, 0) is 14.3 Å². The largest absolute Gasteiger partial charge is 0.462 e. The number of hydrogen-bond donors (Lipinski definition) is 0. The Bertz CT molecular complexity index is 199. The number of rotatable bonds is 6. The lowest BCUT2D eigenvalue weighted by Crippen LogP contribution is -2.21. The maximum absolute atomic E-state index is 10.8. The van der Waals surface area contributed by atoms with Gasteiger partial charge in [-0.3, -0.25) is 0 Å². The quantitative estimate of drug-likeness (QED) is 0.486. The number of ether oxygens (including phenoxy) is 2. The van der Waals surface area contributed by atoms with Crippen molar-refractivity contribution < 1.29 is 14.3 Å². The molecule has 0 fully saturated rings. The SMILES string of the molecule is CCCCCCCC1OC=CC(=O)O1. The molecule has 0 bridgehead atoms. The van der Waals surface area contributed by atoms with E-state index in [1.54, 1.807) is 0 Å². The van der Waals surface area contributed by atoms with Gasteiger partial charge in [0, 0.05) is 6.42 Å². The first-order valence-corrected chi connectivity index (χ1v) is 5.35. The molecule has 0 spiro atoms. The van der Waals surface area contributed by atoms with Gasteiger partial charge in [0.2, 0.25) is 6.29 Å². The van der Waals surface area contributed by atoms with Gasteiger partial charge in [0.05, 0.1) is 12.3 Å². The Balaban J connectivity index is 2.01. The molecule has 1 aliphatic rings. The highest BCUT2D eigenvalue weighted by atomic mass is 16.7. The lowest BCUT2D eigenvalue weighted by Gasteiger charge is -2.19. The monoisotopic (exact) mass is 198 g/mol. The average molecular weight is 198 g/mol. The van der Waals surface area contributed by atoms with Crippen molar-refractivity contribution in [1.82, 2.24) is 0 Å². The summed E-state index contributed by atoms with van der Waals surface area (Å²) in [5.41, 5.74) is 0. The third-order valence-electron chi connectivity index (χ3n) is 2.23. The molecule has 0 amide bonds. The molecule has 0 aromatic rings. The summed E-state index contributed by atoms with van der Waals surface area (Å²) in [5, 5.41) is 0. The van der Waals surface area contributed by atoms with Crippen LogP contribution in [0, 0.1) is 0 Å². The summed E-state index contributed by atoms with van der Waals surface area (Å²) in [4.78, 5) is 10.8. The van der Waals surface area contributed by atoms with Crippen molar-refractivity contribution in [2.24, 2.45) is 0 Å². The van der Waals surface area contributed by atoms with E-state index in [1.165, 1.54) is 38.0 Å². The Kier molecular flexibility index (Phi) is 5.12. The summed E-state index contributed by atoms with van der Waals surface area (Å²) < 4.78 is 10.1. The molecule has 0 aromatic carbocycles. The minimum Gasteiger partial charge on any atom is -0.462 e. The van der Waals surface area contributed by atoms with Crippen molar-refractivity contribution in [2.45, 2.75) is 51.7 Å². The van der Waals surface area contributed by atoms with E-state index >= 15 is 0 Å². The topological polar surface area (TPSA) is 35.5 Å². The van der Waals surface area contributed by atoms with Gasteiger partial charge in [0.1, 0.15) is 0 Å². The molecule has 0 N–H and O–H groups in total. The van der Waals surface area contributed by atoms with Crippen LogP contribution in [0.3, 0.4) is 0 Å². The zero-order valence-electron chi connectivity index (χ0n) is 8.70. The van der Waals surface area contributed by atoms with Gasteiger partial charge < -0.3 is 9.47 Å². The van der Waals surface area contributed by atoms with Crippen LogP contribution in [0.15, 0.2) is 12.3 Å². The minimum atomic E-state index is -0.353. The van der Waals surface area contributed by atoms with E-state index in [0.29, 0.717) is 0 Å². The molecule has 0 radical (unpaired) electrons. The molecular formula is C11H18O3. The first-order valence-electron chi connectivity index (χ1n) is 5.35. The Labute approximate surface area is 85.1 Å². The van der Waals surface area contributed by atoms with Gasteiger partial charge in [0.15, 0.2) is 0 Å². The second-order valence-corrected chi connectivity index (χ2v) is 3.51. The van der Waals surface area contributed by atoms with Crippen molar-refractivity contribution in [2.75, 3.05) is 0 Å². The second-order valence-electron chi connectivity index (χ2n) is 3.51. The van der Waals surface area contributed by atoms with Crippen LogP contribution < -0.4 is 0 Å². The minimum absolute atomic E-state index is 0.296. The lowest BCUT2D eigenvalue weighted by molar-refractivity contribution is -0.169. The first-order chi connectivity index (χ1) is 6.83. The Morgan fingerprint density at radius 1 is 1.29 bits per heavy atom. The molecule has 0 aromatic heterocycles.